The summed E-state index contributed by atoms with van der Waals surface area (Å²) < 4.78 is 15.5. The van der Waals surface area contributed by atoms with Crippen molar-refractivity contribution in [1.82, 2.24) is 10.6 Å². The highest BCUT2D eigenvalue weighted by molar-refractivity contribution is 6.05. The molecule has 0 aliphatic rings. The highest BCUT2D eigenvalue weighted by Crippen LogP contribution is 2.15. The number of carbonyl (C=O) groups is 2. The van der Waals surface area contributed by atoms with Crippen LogP contribution in [0.3, 0.4) is 0 Å². The van der Waals surface area contributed by atoms with Crippen LogP contribution in [0.15, 0.2) is 77.0 Å². The number of nitrogens with one attached hydrogen (secondary N) is 2. The maximum Gasteiger partial charge on any atom is 0.268 e. The van der Waals surface area contributed by atoms with Gasteiger partial charge in [-0.25, -0.2) is 0 Å². The van der Waals surface area contributed by atoms with Crippen LogP contribution in [0.25, 0.3) is 6.08 Å². The van der Waals surface area contributed by atoms with E-state index in [0.717, 1.165) is 5.56 Å². The van der Waals surface area contributed by atoms with Gasteiger partial charge in [-0.05, 0) is 60.2 Å². The van der Waals surface area contributed by atoms with E-state index in [1.807, 2.05) is 0 Å². The zero-order chi connectivity index (χ0) is 21.3. The lowest BCUT2D eigenvalue weighted by atomic mass is 10.1. The predicted molar refractivity (Wildman–Crippen MR) is 112 cm³/mol. The van der Waals surface area contributed by atoms with Crippen molar-refractivity contribution in [3.8, 4) is 11.5 Å². The van der Waals surface area contributed by atoms with Crippen LogP contribution in [-0.4, -0.2) is 26.0 Å². The fourth-order valence-electron chi connectivity index (χ4n) is 2.64. The fraction of sp³-hybridized carbons (Fsp3) is 0.130. The molecule has 0 aliphatic heterocycles. The predicted octanol–water partition coefficient (Wildman–Crippen LogP) is 3.38. The SMILES string of the molecule is COc1ccc(/C=C(\NC(=O)c2ccc(OC)cc2)C(=O)NCc2ccco2)cc1. The molecule has 3 aromatic rings. The number of carbonyl (C=O) groups excluding carboxylic acids is 2. The van der Waals surface area contributed by atoms with Gasteiger partial charge in [-0.15, -0.1) is 0 Å². The summed E-state index contributed by atoms with van der Waals surface area (Å²) in [4.78, 5) is 25.4. The first-order chi connectivity index (χ1) is 14.6. The van der Waals surface area contributed by atoms with E-state index in [-0.39, 0.29) is 12.2 Å². The molecule has 0 radical (unpaired) electrons. The number of ether oxygens (including phenoxy) is 2. The Morgan fingerprint density at radius 1 is 0.933 bits per heavy atom. The summed E-state index contributed by atoms with van der Waals surface area (Å²) in [5.41, 5.74) is 1.23. The van der Waals surface area contributed by atoms with E-state index in [4.69, 9.17) is 13.9 Å². The Bertz CT molecular complexity index is 1010. The van der Waals surface area contributed by atoms with Gasteiger partial charge in [-0.2, -0.15) is 0 Å². The van der Waals surface area contributed by atoms with E-state index in [9.17, 15) is 9.59 Å². The Morgan fingerprint density at radius 2 is 1.57 bits per heavy atom. The van der Waals surface area contributed by atoms with Gasteiger partial charge in [-0.3, -0.25) is 9.59 Å². The Hall–Kier alpha value is -4.00. The summed E-state index contributed by atoms with van der Waals surface area (Å²) >= 11 is 0. The maximum atomic E-state index is 12.8. The molecule has 0 atom stereocenters. The van der Waals surface area contributed by atoms with E-state index in [1.54, 1.807) is 81.0 Å². The van der Waals surface area contributed by atoms with Crippen molar-refractivity contribution in [3.05, 3.63) is 89.5 Å². The van der Waals surface area contributed by atoms with Crippen LogP contribution in [0.2, 0.25) is 0 Å². The van der Waals surface area contributed by atoms with E-state index >= 15 is 0 Å². The van der Waals surface area contributed by atoms with Crippen LogP contribution in [0.4, 0.5) is 0 Å². The molecule has 0 saturated carbocycles. The van der Waals surface area contributed by atoms with Gasteiger partial charge in [0.2, 0.25) is 0 Å². The van der Waals surface area contributed by atoms with Crippen molar-refractivity contribution in [1.29, 1.82) is 0 Å². The van der Waals surface area contributed by atoms with Gasteiger partial charge in [0.25, 0.3) is 11.8 Å². The molecule has 7 heteroatoms. The summed E-state index contributed by atoms with van der Waals surface area (Å²) in [6.07, 6.45) is 3.12. The van der Waals surface area contributed by atoms with Crippen molar-refractivity contribution in [2.45, 2.75) is 6.54 Å². The molecule has 3 rings (SSSR count). The molecule has 1 heterocycles. The third-order valence-corrected chi connectivity index (χ3v) is 4.28. The third-order valence-electron chi connectivity index (χ3n) is 4.28. The largest absolute Gasteiger partial charge is 0.497 e. The van der Waals surface area contributed by atoms with Gasteiger partial charge >= 0.3 is 0 Å². The highest BCUT2D eigenvalue weighted by atomic mass is 16.5. The molecule has 2 aromatic carbocycles. The Kier molecular flexibility index (Phi) is 6.89. The van der Waals surface area contributed by atoms with Crippen molar-refractivity contribution in [2.75, 3.05) is 14.2 Å². The van der Waals surface area contributed by atoms with Crippen LogP contribution in [-0.2, 0) is 11.3 Å². The number of benzene rings is 2. The quantitative estimate of drug-likeness (QED) is 0.560. The number of hydrogen-bond acceptors (Lipinski definition) is 5. The Balaban J connectivity index is 1.80. The molecule has 0 fully saturated rings. The molecule has 0 unspecified atom stereocenters. The Morgan fingerprint density at radius 3 is 2.13 bits per heavy atom. The van der Waals surface area contributed by atoms with Crippen LogP contribution in [0.1, 0.15) is 21.7 Å². The van der Waals surface area contributed by atoms with Gasteiger partial charge in [0.15, 0.2) is 0 Å². The maximum absolute atomic E-state index is 12.8. The highest BCUT2D eigenvalue weighted by Gasteiger charge is 2.15. The summed E-state index contributed by atoms with van der Waals surface area (Å²) in [6.45, 7) is 0.199. The van der Waals surface area contributed by atoms with Gasteiger partial charge in [0, 0.05) is 5.56 Å². The first kappa shape index (κ1) is 20.7. The minimum absolute atomic E-state index is 0.104. The average Bonchev–Trinajstić information content (AvgIpc) is 3.31. The minimum Gasteiger partial charge on any atom is -0.497 e. The third kappa shape index (κ3) is 5.51. The smallest absolute Gasteiger partial charge is 0.268 e. The van der Waals surface area contributed by atoms with Crippen molar-refractivity contribution >= 4 is 17.9 Å². The molecule has 1 aromatic heterocycles. The lowest BCUT2D eigenvalue weighted by Crippen LogP contribution is -2.34. The lowest BCUT2D eigenvalue weighted by molar-refractivity contribution is -0.118. The molecule has 0 bridgehead atoms. The Labute approximate surface area is 174 Å². The number of amides is 2. The molecular weight excluding hydrogens is 384 g/mol. The van der Waals surface area contributed by atoms with Crippen LogP contribution < -0.4 is 20.1 Å². The van der Waals surface area contributed by atoms with Crippen molar-refractivity contribution in [3.63, 3.8) is 0 Å². The molecule has 2 amide bonds. The van der Waals surface area contributed by atoms with Crippen LogP contribution in [0.5, 0.6) is 11.5 Å². The fourth-order valence-corrected chi connectivity index (χ4v) is 2.64. The summed E-state index contributed by atoms with van der Waals surface area (Å²) in [5, 5.41) is 5.43. The standard InChI is InChI=1S/C23H22N2O5/c1-28-18-9-5-16(6-10-18)14-21(23(27)24-15-20-4-3-13-30-20)25-22(26)17-7-11-19(29-2)12-8-17/h3-14H,15H2,1-2H3,(H,24,27)(H,25,26)/b21-14-. The number of methoxy groups -OCH3 is 2. The van der Waals surface area contributed by atoms with Crippen molar-refractivity contribution in [2.24, 2.45) is 0 Å². The molecular formula is C23H22N2O5. The molecule has 154 valence electrons. The monoisotopic (exact) mass is 406 g/mol. The second kappa shape index (κ2) is 9.97. The molecule has 2 N–H and O–H groups in total. The number of rotatable bonds is 8. The van der Waals surface area contributed by atoms with E-state index in [2.05, 4.69) is 10.6 Å². The average molecular weight is 406 g/mol. The molecule has 0 spiro atoms. The number of hydrogen-bond donors (Lipinski definition) is 2. The van der Waals surface area contributed by atoms with Gasteiger partial charge in [0.05, 0.1) is 27.0 Å². The second-order valence-corrected chi connectivity index (χ2v) is 6.28. The zero-order valence-corrected chi connectivity index (χ0v) is 16.7. The normalized spacial score (nSPS) is 10.9. The van der Waals surface area contributed by atoms with Gasteiger partial charge < -0.3 is 24.5 Å². The van der Waals surface area contributed by atoms with Crippen LogP contribution in [0, 0.1) is 0 Å². The summed E-state index contributed by atoms with van der Waals surface area (Å²) in [6, 6.07) is 17.2. The van der Waals surface area contributed by atoms with Crippen LogP contribution >= 0.6 is 0 Å². The topological polar surface area (TPSA) is 89.8 Å². The first-order valence-corrected chi connectivity index (χ1v) is 9.21. The number of furan rings is 1. The lowest BCUT2D eigenvalue weighted by Gasteiger charge is -2.11. The minimum atomic E-state index is -0.441. The van der Waals surface area contributed by atoms with E-state index < -0.39 is 11.8 Å². The van der Waals surface area contributed by atoms with E-state index in [0.29, 0.717) is 22.8 Å². The van der Waals surface area contributed by atoms with E-state index in [1.165, 1.54) is 6.26 Å². The molecule has 0 aliphatic carbocycles. The zero-order valence-electron chi connectivity index (χ0n) is 16.7. The molecule has 0 saturated heterocycles. The summed E-state index contributed by atoms with van der Waals surface area (Å²) in [5.74, 6) is 1.08. The first-order valence-electron chi connectivity index (χ1n) is 9.21. The molecule has 30 heavy (non-hydrogen) atoms. The summed E-state index contributed by atoms with van der Waals surface area (Å²) in [7, 11) is 3.13. The van der Waals surface area contributed by atoms with Gasteiger partial charge in [0.1, 0.15) is 23.0 Å². The van der Waals surface area contributed by atoms with Gasteiger partial charge in [-0.1, -0.05) is 12.1 Å². The second-order valence-electron chi connectivity index (χ2n) is 6.28. The van der Waals surface area contributed by atoms with Crippen molar-refractivity contribution < 1.29 is 23.5 Å². The molecule has 7 nitrogen and oxygen atoms in total.